The van der Waals surface area contributed by atoms with E-state index in [0.29, 0.717) is 6.16 Å². The van der Waals surface area contributed by atoms with Crippen molar-refractivity contribution in [3.05, 3.63) is 0 Å². The Bertz CT molecular complexity index is 48.2. The minimum atomic E-state index is -1.85. The van der Waals surface area contributed by atoms with Crippen LogP contribution in [0.25, 0.3) is 0 Å². The highest BCUT2D eigenvalue weighted by Crippen LogP contribution is 2.08. The van der Waals surface area contributed by atoms with E-state index in [2.05, 4.69) is 5.79 Å². The molecule has 0 amide bonds. The molecule has 42 valence electrons. The molecule has 1 N–H and O–H groups in total. The van der Waals surface area contributed by atoms with Gasteiger partial charge in [-0.05, 0) is 11.5 Å². The van der Waals surface area contributed by atoms with Crippen molar-refractivity contribution in [2.24, 2.45) is 0 Å². The van der Waals surface area contributed by atoms with Gasteiger partial charge >= 0.3 is 8.03 Å². The summed E-state index contributed by atoms with van der Waals surface area (Å²) < 4.78 is 9.52. The van der Waals surface area contributed by atoms with E-state index in [4.69, 9.17) is 4.89 Å². The number of rotatable bonds is 1. The fourth-order valence-electron chi connectivity index (χ4n) is 0. The van der Waals surface area contributed by atoms with Gasteiger partial charge in [0, 0.05) is 0 Å². The van der Waals surface area contributed by atoms with E-state index < -0.39 is 8.03 Å². The van der Waals surface area contributed by atoms with Gasteiger partial charge in [0.25, 0.3) is 0 Å². The Morgan fingerprint density at radius 3 is 1.86 bits per heavy atom. The second kappa shape index (κ2) is 9.78. The van der Waals surface area contributed by atoms with Crippen molar-refractivity contribution < 1.29 is 9.46 Å². The van der Waals surface area contributed by atoms with E-state index in [-0.39, 0.29) is 0 Å². The Labute approximate surface area is 53.2 Å². The first-order valence-electron chi connectivity index (χ1n) is 2.41. The topological polar surface area (TPSA) is 37.3 Å². The van der Waals surface area contributed by atoms with Gasteiger partial charge in [0.15, 0.2) is 6.16 Å². The molecule has 0 saturated heterocycles. The molecule has 0 aromatic rings. The van der Waals surface area contributed by atoms with Crippen LogP contribution < -0.4 is 0 Å². The van der Waals surface area contributed by atoms with Gasteiger partial charge < -0.3 is 0 Å². The summed E-state index contributed by atoms with van der Waals surface area (Å²) in [4.78, 5) is 7.87. The Morgan fingerprint density at radius 1 is 1.71 bits per heavy atom. The standard InChI is InChI=1S/C2H5O2P.CH3.Al.2H/c1-2-5(3)4;;;;/h2H2,1H3;1H3;;;/p+1. The second-order valence-corrected chi connectivity index (χ2v) is 2.01. The summed E-state index contributed by atoms with van der Waals surface area (Å²) >= 11 is 1.31. The van der Waals surface area contributed by atoms with Gasteiger partial charge in [-0.1, -0.05) is 0 Å². The minimum absolute atomic E-state index is 0.370. The lowest BCUT2D eigenvalue weighted by atomic mass is 11.0. The van der Waals surface area contributed by atoms with E-state index in [0.717, 1.165) is 0 Å². The molecule has 0 aliphatic heterocycles. The average Bonchev–Trinajstić information content (AvgIpc) is 1.73. The van der Waals surface area contributed by atoms with Crippen molar-refractivity contribution >= 4 is 24.3 Å². The SMILES string of the molecule is CC[P+](=O)O.[CH3][AlH2]. The Kier molecular flexibility index (Phi) is 14.7. The van der Waals surface area contributed by atoms with Crippen molar-refractivity contribution in [2.75, 3.05) is 6.16 Å². The summed E-state index contributed by atoms with van der Waals surface area (Å²) in [6.45, 7) is 1.67. The lowest BCUT2D eigenvalue weighted by molar-refractivity contribution is 0.504. The van der Waals surface area contributed by atoms with Crippen LogP contribution >= 0.6 is 8.03 Å². The van der Waals surface area contributed by atoms with Crippen LogP contribution in [0.4, 0.5) is 0 Å². The fourth-order valence-corrected chi connectivity index (χ4v) is 0. The van der Waals surface area contributed by atoms with E-state index in [1.54, 1.807) is 6.92 Å². The molecule has 0 radical (unpaired) electrons. The van der Waals surface area contributed by atoms with Gasteiger partial charge in [0.1, 0.15) is 0 Å². The molecule has 0 bridgehead atoms. The first kappa shape index (κ1) is 10.6. The molecule has 1 unspecified atom stereocenters. The van der Waals surface area contributed by atoms with Crippen LogP contribution in [0.3, 0.4) is 0 Å². The first-order chi connectivity index (χ1) is 3.27. The quantitative estimate of drug-likeness (QED) is 0.419. The summed E-state index contributed by atoms with van der Waals surface area (Å²) in [6.07, 6.45) is 0.370. The summed E-state index contributed by atoms with van der Waals surface area (Å²) in [5, 5.41) is 0. The van der Waals surface area contributed by atoms with Crippen molar-refractivity contribution in [1.82, 2.24) is 0 Å². The normalized spacial score (nSPS) is 8.71. The monoisotopic (exact) mass is 137 g/mol. The van der Waals surface area contributed by atoms with Gasteiger partial charge in [0.2, 0.25) is 16.3 Å². The van der Waals surface area contributed by atoms with Crippen LogP contribution in [0.5, 0.6) is 0 Å². The van der Waals surface area contributed by atoms with E-state index in [1.165, 1.54) is 16.3 Å². The van der Waals surface area contributed by atoms with Crippen LogP contribution in [-0.2, 0) is 4.57 Å². The lowest BCUT2D eigenvalue weighted by Gasteiger charge is -1.53. The molecule has 2 nitrogen and oxygen atoms in total. The average molecular weight is 137 g/mol. The molecule has 0 saturated carbocycles. The van der Waals surface area contributed by atoms with Crippen LogP contribution in [0.15, 0.2) is 0 Å². The largest absolute Gasteiger partial charge is 0.505 e. The summed E-state index contributed by atoms with van der Waals surface area (Å²) in [7, 11) is -1.85. The third kappa shape index (κ3) is 20.7. The van der Waals surface area contributed by atoms with Crippen LogP contribution in [0.2, 0.25) is 5.79 Å². The minimum Gasteiger partial charge on any atom is -0.161 e. The van der Waals surface area contributed by atoms with Gasteiger partial charge in [-0.15, -0.1) is 5.79 Å². The zero-order chi connectivity index (χ0) is 6.28. The maximum Gasteiger partial charge on any atom is 0.505 e. The summed E-state index contributed by atoms with van der Waals surface area (Å²) in [5.41, 5.74) is 0. The first-order valence-corrected chi connectivity index (χ1v) is 5.80. The molecule has 0 aromatic carbocycles. The highest BCUT2D eigenvalue weighted by Gasteiger charge is 1.98. The molecule has 1 atom stereocenters. The molecule has 0 aromatic heterocycles. The molecular weight excluding hydrogens is 126 g/mol. The molecule has 7 heavy (non-hydrogen) atoms. The Morgan fingerprint density at radius 2 is 1.86 bits per heavy atom. The number of hydrogen-bond donors (Lipinski definition) is 1. The van der Waals surface area contributed by atoms with Gasteiger partial charge in [0.05, 0.1) is 0 Å². The summed E-state index contributed by atoms with van der Waals surface area (Å²) in [5.74, 6) is 2.14. The zero-order valence-electron chi connectivity index (χ0n) is 5.01. The second-order valence-electron chi connectivity index (χ2n) is 0.668. The van der Waals surface area contributed by atoms with E-state index in [9.17, 15) is 4.57 Å². The van der Waals surface area contributed by atoms with E-state index in [1.807, 2.05) is 0 Å². The molecule has 0 rings (SSSR count). The predicted molar refractivity (Wildman–Crippen MR) is 34.8 cm³/mol. The Hall–Kier alpha value is 0.592. The Balaban J connectivity index is 0. The van der Waals surface area contributed by atoms with Crippen LogP contribution in [-0.4, -0.2) is 27.3 Å². The molecule has 0 fully saturated rings. The van der Waals surface area contributed by atoms with Crippen molar-refractivity contribution in [3.63, 3.8) is 0 Å². The molecule has 0 heterocycles. The smallest absolute Gasteiger partial charge is 0.161 e. The van der Waals surface area contributed by atoms with Gasteiger partial charge in [-0.25, -0.2) is 0 Å². The van der Waals surface area contributed by atoms with E-state index >= 15 is 0 Å². The van der Waals surface area contributed by atoms with Crippen LogP contribution in [0, 0.1) is 0 Å². The molecular formula is C3H11AlO2P+. The molecule has 0 aliphatic rings. The highest BCUT2D eigenvalue weighted by molar-refractivity contribution is 7.37. The maximum atomic E-state index is 9.52. The molecule has 0 aliphatic carbocycles. The lowest BCUT2D eigenvalue weighted by Crippen LogP contribution is -1.56. The van der Waals surface area contributed by atoms with Gasteiger partial charge in [-0.3, -0.25) is 0 Å². The van der Waals surface area contributed by atoms with Gasteiger partial charge in [-0.2, -0.15) is 4.89 Å². The van der Waals surface area contributed by atoms with Crippen molar-refractivity contribution in [1.29, 1.82) is 0 Å². The zero-order valence-corrected chi connectivity index (χ0v) is 7.90. The third-order valence-corrected chi connectivity index (χ3v) is 0.812. The fraction of sp³-hybridized carbons (Fsp3) is 1.00. The van der Waals surface area contributed by atoms with Crippen molar-refractivity contribution in [2.45, 2.75) is 12.7 Å². The summed E-state index contributed by atoms with van der Waals surface area (Å²) in [6, 6.07) is 0. The maximum absolute atomic E-state index is 9.52. The predicted octanol–water partition coefficient (Wildman–Crippen LogP) is 0.409. The van der Waals surface area contributed by atoms with Crippen LogP contribution in [0.1, 0.15) is 6.92 Å². The van der Waals surface area contributed by atoms with Crippen molar-refractivity contribution in [3.8, 4) is 0 Å². The number of hydrogen-bond acceptors (Lipinski definition) is 1. The molecule has 0 spiro atoms. The molecule has 4 heteroatoms. The highest BCUT2D eigenvalue weighted by atomic mass is 31.1. The third-order valence-electron chi connectivity index (χ3n) is 0.271.